The van der Waals surface area contributed by atoms with Crippen LogP contribution in [-0.4, -0.2) is 54.1 Å². The molecule has 0 bridgehead atoms. The van der Waals surface area contributed by atoms with E-state index in [0.717, 1.165) is 18.4 Å². The molecule has 2 aliphatic rings. The number of hydrogen-bond donors (Lipinski definition) is 1. The molecule has 2 saturated heterocycles. The maximum atomic E-state index is 13.1. The normalized spacial score (nSPS) is 20.7. The Bertz CT molecular complexity index is 885. The molecule has 2 amide bonds. The van der Waals surface area contributed by atoms with Crippen LogP contribution in [0.5, 0.6) is 0 Å². The van der Waals surface area contributed by atoms with Gasteiger partial charge in [0.05, 0.1) is 5.88 Å². The highest BCUT2D eigenvalue weighted by molar-refractivity contribution is 7.99. The fraction of sp³-hybridized carbons (Fsp3) is 0.391. The number of benzene rings is 2. The monoisotopic (exact) mass is 444 g/mol. The molecular weight excluding hydrogens is 420 g/mol. The molecule has 30 heavy (non-hydrogen) atoms. The van der Waals surface area contributed by atoms with Crippen molar-refractivity contribution >= 4 is 35.2 Å². The number of nitrogens with zero attached hydrogens (tertiary/aromatic N) is 1. The van der Waals surface area contributed by atoms with Crippen molar-refractivity contribution in [2.45, 2.75) is 24.3 Å². The smallest absolute Gasteiger partial charge is 0.255 e. The van der Waals surface area contributed by atoms with Gasteiger partial charge in [-0.15, -0.1) is 11.8 Å². The molecule has 0 aromatic heterocycles. The zero-order valence-corrected chi connectivity index (χ0v) is 18.3. The number of ether oxygens (including phenoxy) is 1. The molecule has 1 N–H and O–H groups in total. The first kappa shape index (κ1) is 21.2. The van der Waals surface area contributed by atoms with Crippen molar-refractivity contribution < 1.29 is 14.3 Å². The lowest BCUT2D eigenvalue weighted by atomic mass is 9.74. The molecule has 2 aromatic rings. The van der Waals surface area contributed by atoms with Crippen LogP contribution >= 0.6 is 23.4 Å². The Hall–Kier alpha value is -2.02. The molecule has 2 fully saturated rings. The molecule has 2 heterocycles. The molecule has 1 atom stereocenters. The molecule has 1 unspecified atom stereocenters. The van der Waals surface area contributed by atoms with Gasteiger partial charge < -0.3 is 15.0 Å². The first-order chi connectivity index (χ1) is 14.6. The van der Waals surface area contributed by atoms with Crippen LogP contribution in [0.2, 0.25) is 5.02 Å². The first-order valence-electron chi connectivity index (χ1n) is 10.1. The Morgan fingerprint density at radius 2 is 1.80 bits per heavy atom. The summed E-state index contributed by atoms with van der Waals surface area (Å²) in [7, 11) is 0. The Morgan fingerprint density at radius 1 is 1.10 bits per heavy atom. The highest BCUT2D eigenvalue weighted by Crippen LogP contribution is 2.35. The highest BCUT2D eigenvalue weighted by Gasteiger charge is 2.38. The predicted octanol–water partition coefficient (Wildman–Crippen LogP) is 3.72. The summed E-state index contributed by atoms with van der Waals surface area (Å²) in [6, 6.07) is 16.5. The van der Waals surface area contributed by atoms with Gasteiger partial charge in [0.25, 0.3) is 5.91 Å². The summed E-state index contributed by atoms with van der Waals surface area (Å²) < 4.78 is 5.58. The van der Waals surface area contributed by atoms with Gasteiger partial charge in [-0.05, 0) is 42.7 Å². The molecule has 2 aromatic carbocycles. The summed E-state index contributed by atoms with van der Waals surface area (Å²) in [6.07, 6.45) is 1.67. The van der Waals surface area contributed by atoms with Gasteiger partial charge in [-0.3, -0.25) is 9.59 Å². The van der Waals surface area contributed by atoms with E-state index in [1.807, 2.05) is 42.5 Å². The molecule has 0 spiro atoms. The lowest BCUT2D eigenvalue weighted by Crippen LogP contribution is -2.51. The Kier molecular flexibility index (Phi) is 6.66. The van der Waals surface area contributed by atoms with Gasteiger partial charge in [0.1, 0.15) is 6.04 Å². The first-order valence-corrected chi connectivity index (χ1v) is 11.7. The summed E-state index contributed by atoms with van der Waals surface area (Å²) >= 11 is 7.68. The van der Waals surface area contributed by atoms with Crippen LogP contribution in [0, 0.1) is 0 Å². The average molecular weight is 445 g/mol. The molecule has 0 saturated carbocycles. The predicted molar refractivity (Wildman–Crippen MR) is 120 cm³/mol. The Labute approximate surface area is 186 Å². The zero-order chi connectivity index (χ0) is 21.0. The average Bonchev–Trinajstić information content (AvgIpc) is 3.29. The maximum absolute atomic E-state index is 13.1. The van der Waals surface area contributed by atoms with Gasteiger partial charge in [-0.25, -0.2) is 0 Å². The third-order valence-corrected chi connectivity index (χ3v) is 7.24. The number of hydrogen-bond acceptors (Lipinski definition) is 4. The van der Waals surface area contributed by atoms with E-state index < -0.39 is 6.04 Å². The molecule has 0 aliphatic carbocycles. The standard InChI is InChI=1S/C23H25ClN2O3S/c24-19-8-6-18(7-9-19)23(10-12-29-13-11-23)15-25-21(27)20-14-30-16-26(20)22(28)17-4-2-1-3-5-17/h1-9,20H,10-16H2,(H,25,27). The minimum Gasteiger partial charge on any atom is -0.381 e. The van der Waals surface area contributed by atoms with Crippen LogP contribution in [0.3, 0.4) is 0 Å². The van der Waals surface area contributed by atoms with E-state index in [4.69, 9.17) is 16.3 Å². The molecule has 7 heteroatoms. The minimum absolute atomic E-state index is 0.0934. The third-order valence-electron chi connectivity index (χ3n) is 5.97. The van der Waals surface area contributed by atoms with Crippen LogP contribution in [0.25, 0.3) is 0 Å². The van der Waals surface area contributed by atoms with Crippen molar-refractivity contribution in [3.8, 4) is 0 Å². The van der Waals surface area contributed by atoms with Crippen molar-refractivity contribution in [3.63, 3.8) is 0 Å². The summed E-state index contributed by atoms with van der Waals surface area (Å²) in [6.45, 7) is 1.85. The fourth-order valence-corrected chi connectivity index (χ4v) is 5.39. The highest BCUT2D eigenvalue weighted by atomic mass is 35.5. The summed E-state index contributed by atoms with van der Waals surface area (Å²) in [5.74, 6) is 0.951. The van der Waals surface area contributed by atoms with Crippen LogP contribution in [0.4, 0.5) is 0 Å². The van der Waals surface area contributed by atoms with Gasteiger partial charge in [0.15, 0.2) is 0 Å². The van der Waals surface area contributed by atoms with Crippen molar-refractivity contribution in [2.24, 2.45) is 0 Å². The molecule has 2 aliphatic heterocycles. The number of rotatable bonds is 5. The third kappa shape index (κ3) is 4.51. The van der Waals surface area contributed by atoms with Crippen LogP contribution in [0.15, 0.2) is 54.6 Å². The van der Waals surface area contributed by atoms with E-state index >= 15 is 0 Å². The van der Waals surface area contributed by atoms with Crippen LogP contribution in [0.1, 0.15) is 28.8 Å². The summed E-state index contributed by atoms with van der Waals surface area (Å²) in [4.78, 5) is 27.7. The second-order valence-electron chi connectivity index (χ2n) is 7.77. The van der Waals surface area contributed by atoms with Gasteiger partial charge in [0, 0.05) is 41.5 Å². The van der Waals surface area contributed by atoms with Crippen molar-refractivity contribution in [2.75, 3.05) is 31.4 Å². The van der Waals surface area contributed by atoms with Crippen LogP contribution < -0.4 is 5.32 Å². The molecule has 4 rings (SSSR count). The number of carbonyl (C=O) groups is 2. The lowest BCUT2D eigenvalue weighted by Gasteiger charge is -2.38. The summed E-state index contributed by atoms with van der Waals surface area (Å²) in [5.41, 5.74) is 1.59. The largest absolute Gasteiger partial charge is 0.381 e. The van der Waals surface area contributed by atoms with E-state index in [9.17, 15) is 9.59 Å². The SMILES string of the molecule is O=C(NCC1(c2ccc(Cl)cc2)CCOCC1)C1CSCN1C(=O)c1ccccc1. The van der Waals surface area contributed by atoms with E-state index in [1.54, 1.807) is 28.8 Å². The fourth-order valence-electron chi connectivity index (χ4n) is 4.11. The number of nitrogens with one attached hydrogen (secondary N) is 1. The molecule has 158 valence electrons. The van der Waals surface area contributed by atoms with Crippen molar-refractivity contribution in [1.29, 1.82) is 0 Å². The van der Waals surface area contributed by atoms with E-state index in [2.05, 4.69) is 5.32 Å². The van der Waals surface area contributed by atoms with Crippen molar-refractivity contribution in [1.82, 2.24) is 10.2 Å². The number of amides is 2. The second-order valence-corrected chi connectivity index (χ2v) is 9.21. The molecular formula is C23H25ClN2O3S. The lowest BCUT2D eigenvalue weighted by molar-refractivity contribution is -0.125. The number of thioether (sulfide) groups is 1. The Balaban J connectivity index is 1.46. The van der Waals surface area contributed by atoms with Gasteiger partial charge in [-0.1, -0.05) is 41.9 Å². The minimum atomic E-state index is -0.454. The zero-order valence-electron chi connectivity index (χ0n) is 16.7. The second kappa shape index (κ2) is 9.41. The maximum Gasteiger partial charge on any atom is 0.255 e. The molecule has 0 radical (unpaired) electrons. The number of carbonyl (C=O) groups excluding carboxylic acids is 2. The summed E-state index contributed by atoms with van der Waals surface area (Å²) in [5, 5.41) is 3.85. The van der Waals surface area contributed by atoms with E-state index in [-0.39, 0.29) is 17.2 Å². The topological polar surface area (TPSA) is 58.6 Å². The van der Waals surface area contributed by atoms with Gasteiger partial charge in [0.2, 0.25) is 5.91 Å². The van der Waals surface area contributed by atoms with Crippen LogP contribution in [-0.2, 0) is 14.9 Å². The quantitative estimate of drug-likeness (QED) is 0.763. The van der Waals surface area contributed by atoms with Crippen molar-refractivity contribution in [3.05, 3.63) is 70.7 Å². The van der Waals surface area contributed by atoms with Gasteiger partial charge >= 0.3 is 0 Å². The Morgan fingerprint density at radius 3 is 2.50 bits per heavy atom. The van der Waals surface area contributed by atoms with Gasteiger partial charge in [-0.2, -0.15) is 0 Å². The number of halogens is 1. The van der Waals surface area contributed by atoms with E-state index in [0.29, 0.717) is 42.0 Å². The molecule has 5 nitrogen and oxygen atoms in total. The van der Waals surface area contributed by atoms with E-state index in [1.165, 1.54) is 0 Å².